The second-order valence-electron chi connectivity index (χ2n) is 4.76. The first kappa shape index (κ1) is 13.0. The van der Waals surface area contributed by atoms with Crippen LogP contribution in [0.4, 0.5) is 11.6 Å². The van der Waals surface area contributed by atoms with E-state index in [1.165, 1.54) is 0 Å². The Morgan fingerprint density at radius 2 is 2.39 bits per heavy atom. The molecule has 1 aliphatic rings. The molecule has 1 aromatic heterocycles. The Kier molecular flexibility index (Phi) is 3.98. The first-order valence-corrected chi connectivity index (χ1v) is 6.41. The minimum atomic E-state index is -0.269. The molecule has 100 valence electrons. The van der Waals surface area contributed by atoms with Crippen LogP contribution in [0.25, 0.3) is 0 Å². The number of hydrazine groups is 1. The van der Waals surface area contributed by atoms with Gasteiger partial charge in [0.1, 0.15) is 17.5 Å². The topological polar surface area (TPSA) is 87.3 Å². The third kappa shape index (κ3) is 2.70. The number of aromatic nitrogens is 2. The third-order valence-electron chi connectivity index (χ3n) is 3.45. The summed E-state index contributed by atoms with van der Waals surface area (Å²) in [6.07, 6.45) is 1.50. The van der Waals surface area contributed by atoms with Crippen LogP contribution in [0.2, 0.25) is 0 Å². The minimum Gasteiger partial charge on any atom is -0.393 e. The zero-order valence-corrected chi connectivity index (χ0v) is 10.9. The monoisotopic (exact) mass is 251 g/mol. The highest BCUT2D eigenvalue weighted by Crippen LogP contribution is 2.25. The van der Waals surface area contributed by atoms with E-state index in [1.54, 1.807) is 0 Å². The molecule has 1 fully saturated rings. The van der Waals surface area contributed by atoms with E-state index < -0.39 is 0 Å². The quantitative estimate of drug-likeness (QED) is 0.534. The van der Waals surface area contributed by atoms with Gasteiger partial charge in [0.05, 0.1) is 6.10 Å². The van der Waals surface area contributed by atoms with Crippen molar-refractivity contribution in [2.75, 3.05) is 23.4 Å². The van der Waals surface area contributed by atoms with Crippen molar-refractivity contribution in [1.29, 1.82) is 0 Å². The van der Waals surface area contributed by atoms with E-state index in [-0.39, 0.29) is 6.10 Å². The number of rotatable bonds is 4. The summed E-state index contributed by atoms with van der Waals surface area (Å²) in [5, 5.41) is 9.63. The van der Waals surface area contributed by atoms with Gasteiger partial charge in [-0.3, -0.25) is 0 Å². The number of nitrogens with two attached hydrogens (primary N) is 1. The van der Waals surface area contributed by atoms with E-state index in [0.29, 0.717) is 11.7 Å². The Hall–Kier alpha value is -1.40. The lowest BCUT2D eigenvalue weighted by Gasteiger charge is -2.19. The summed E-state index contributed by atoms with van der Waals surface area (Å²) in [5.41, 5.74) is 2.57. The lowest BCUT2D eigenvalue weighted by Crippen LogP contribution is -2.25. The van der Waals surface area contributed by atoms with Gasteiger partial charge in [-0.2, -0.15) is 0 Å². The summed E-state index contributed by atoms with van der Waals surface area (Å²) in [5.74, 6) is 8.04. The average molecular weight is 251 g/mol. The van der Waals surface area contributed by atoms with Crippen LogP contribution in [0.1, 0.15) is 26.1 Å². The van der Waals surface area contributed by atoms with Gasteiger partial charge >= 0.3 is 0 Å². The fourth-order valence-electron chi connectivity index (χ4n) is 2.27. The summed E-state index contributed by atoms with van der Waals surface area (Å²) in [6, 6.07) is 1.85. The highest BCUT2D eigenvalue weighted by molar-refractivity contribution is 5.49. The molecule has 2 rings (SSSR count). The molecule has 0 radical (unpaired) electrons. The lowest BCUT2D eigenvalue weighted by atomic mass is 10.0. The molecule has 0 bridgehead atoms. The van der Waals surface area contributed by atoms with Crippen molar-refractivity contribution in [2.45, 2.75) is 32.8 Å². The Morgan fingerprint density at radius 1 is 1.61 bits per heavy atom. The number of anilines is 2. The molecule has 0 aliphatic carbocycles. The molecule has 0 amide bonds. The molecule has 2 unspecified atom stereocenters. The highest BCUT2D eigenvalue weighted by Gasteiger charge is 2.27. The first-order chi connectivity index (χ1) is 8.63. The van der Waals surface area contributed by atoms with Gasteiger partial charge in [0.2, 0.25) is 0 Å². The van der Waals surface area contributed by atoms with Gasteiger partial charge in [-0.05, 0) is 13.3 Å². The number of nitrogen functional groups attached to an aromatic ring is 1. The fraction of sp³-hybridized carbons (Fsp3) is 0.667. The second kappa shape index (κ2) is 5.49. The molecule has 6 heteroatoms. The van der Waals surface area contributed by atoms with Gasteiger partial charge in [0.15, 0.2) is 0 Å². The molecule has 18 heavy (non-hydrogen) atoms. The van der Waals surface area contributed by atoms with E-state index >= 15 is 0 Å². The maximum Gasteiger partial charge on any atom is 0.145 e. The zero-order chi connectivity index (χ0) is 13.1. The largest absolute Gasteiger partial charge is 0.393 e. The molecule has 0 spiro atoms. The van der Waals surface area contributed by atoms with Gasteiger partial charge < -0.3 is 15.4 Å². The zero-order valence-electron chi connectivity index (χ0n) is 10.9. The summed E-state index contributed by atoms with van der Waals surface area (Å²) < 4.78 is 0. The number of nitrogens with zero attached hydrogens (tertiary/aromatic N) is 3. The van der Waals surface area contributed by atoms with Crippen LogP contribution in [0.5, 0.6) is 0 Å². The molecule has 0 saturated carbocycles. The molecular weight excluding hydrogens is 230 g/mol. The summed E-state index contributed by atoms with van der Waals surface area (Å²) in [4.78, 5) is 11.0. The Labute approximate surface area is 107 Å². The predicted molar refractivity (Wildman–Crippen MR) is 71.2 cm³/mol. The van der Waals surface area contributed by atoms with Crippen LogP contribution in [0.3, 0.4) is 0 Å². The van der Waals surface area contributed by atoms with E-state index in [9.17, 15) is 5.11 Å². The van der Waals surface area contributed by atoms with E-state index in [0.717, 1.165) is 37.6 Å². The Bertz CT molecular complexity index is 387. The van der Waals surface area contributed by atoms with Crippen molar-refractivity contribution in [3.05, 3.63) is 11.9 Å². The normalized spacial score (nSPS) is 21.1. The standard InChI is InChI=1S/C12H21N5O/c1-3-10-14-11(16-13)6-12(15-10)17-5-4-9(7-17)8(2)18/h6,8-9,18H,3-5,7,13H2,1-2H3,(H,14,15,16). The van der Waals surface area contributed by atoms with Crippen LogP contribution >= 0.6 is 0 Å². The molecule has 1 saturated heterocycles. The van der Waals surface area contributed by atoms with E-state index in [1.807, 2.05) is 19.9 Å². The fourth-order valence-corrected chi connectivity index (χ4v) is 2.27. The van der Waals surface area contributed by atoms with Crippen LogP contribution in [-0.4, -0.2) is 34.3 Å². The van der Waals surface area contributed by atoms with Gasteiger partial charge in [-0.1, -0.05) is 6.92 Å². The number of hydrogen-bond acceptors (Lipinski definition) is 6. The smallest absolute Gasteiger partial charge is 0.145 e. The summed E-state index contributed by atoms with van der Waals surface area (Å²) in [6.45, 7) is 5.61. The molecular formula is C12H21N5O. The van der Waals surface area contributed by atoms with Crippen molar-refractivity contribution in [3.8, 4) is 0 Å². The molecule has 0 aromatic carbocycles. The minimum absolute atomic E-state index is 0.269. The number of hydrogen-bond donors (Lipinski definition) is 3. The number of aliphatic hydroxyl groups is 1. The second-order valence-corrected chi connectivity index (χ2v) is 4.76. The maximum absolute atomic E-state index is 9.63. The Balaban J connectivity index is 2.18. The summed E-state index contributed by atoms with van der Waals surface area (Å²) in [7, 11) is 0. The number of aryl methyl sites for hydroxylation is 1. The van der Waals surface area contributed by atoms with Gasteiger partial charge in [0, 0.05) is 31.5 Å². The van der Waals surface area contributed by atoms with Crippen molar-refractivity contribution in [3.63, 3.8) is 0 Å². The molecule has 6 nitrogen and oxygen atoms in total. The van der Waals surface area contributed by atoms with Crippen molar-refractivity contribution >= 4 is 11.6 Å². The van der Waals surface area contributed by atoms with E-state index in [4.69, 9.17) is 5.84 Å². The van der Waals surface area contributed by atoms with Crippen molar-refractivity contribution in [2.24, 2.45) is 11.8 Å². The van der Waals surface area contributed by atoms with Crippen molar-refractivity contribution < 1.29 is 5.11 Å². The molecule has 2 atom stereocenters. The number of aliphatic hydroxyl groups excluding tert-OH is 1. The van der Waals surface area contributed by atoms with Crippen LogP contribution in [-0.2, 0) is 6.42 Å². The average Bonchev–Trinajstić information content (AvgIpc) is 2.87. The molecule has 1 aromatic rings. The lowest BCUT2D eigenvalue weighted by molar-refractivity contribution is 0.136. The van der Waals surface area contributed by atoms with Gasteiger partial charge in [-0.25, -0.2) is 15.8 Å². The maximum atomic E-state index is 9.63. The van der Waals surface area contributed by atoms with Crippen LogP contribution in [0, 0.1) is 5.92 Å². The SMILES string of the molecule is CCc1nc(NN)cc(N2CCC(C(C)O)C2)n1. The highest BCUT2D eigenvalue weighted by atomic mass is 16.3. The number of nitrogens with one attached hydrogen (secondary N) is 1. The molecule has 1 aliphatic heterocycles. The third-order valence-corrected chi connectivity index (χ3v) is 3.45. The first-order valence-electron chi connectivity index (χ1n) is 6.41. The van der Waals surface area contributed by atoms with Crippen molar-refractivity contribution in [1.82, 2.24) is 9.97 Å². The van der Waals surface area contributed by atoms with Gasteiger partial charge in [-0.15, -0.1) is 0 Å². The predicted octanol–water partition coefficient (Wildman–Crippen LogP) is 0.532. The van der Waals surface area contributed by atoms with E-state index in [2.05, 4.69) is 20.3 Å². The molecule has 2 heterocycles. The molecule has 4 N–H and O–H groups in total. The van der Waals surface area contributed by atoms with Crippen LogP contribution < -0.4 is 16.2 Å². The summed E-state index contributed by atoms with van der Waals surface area (Å²) >= 11 is 0. The van der Waals surface area contributed by atoms with Gasteiger partial charge in [0.25, 0.3) is 0 Å². The van der Waals surface area contributed by atoms with Crippen LogP contribution in [0.15, 0.2) is 6.07 Å². The Morgan fingerprint density at radius 3 is 2.94 bits per heavy atom.